The van der Waals surface area contributed by atoms with E-state index in [9.17, 15) is 4.79 Å². The zero-order valence-electron chi connectivity index (χ0n) is 15.8. The van der Waals surface area contributed by atoms with Gasteiger partial charge in [-0.25, -0.2) is 4.98 Å². The van der Waals surface area contributed by atoms with E-state index in [-0.39, 0.29) is 5.56 Å². The number of aromatic nitrogens is 5. The monoisotopic (exact) mass is 406 g/mol. The van der Waals surface area contributed by atoms with Crippen molar-refractivity contribution in [1.82, 2.24) is 29.0 Å². The van der Waals surface area contributed by atoms with Gasteiger partial charge in [0, 0.05) is 39.4 Å². The van der Waals surface area contributed by atoms with Crippen LogP contribution in [0.4, 0.5) is 5.82 Å². The lowest BCUT2D eigenvalue weighted by Gasteiger charge is -2.35. The minimum atomic E-state index is -0.0397. The Labute approximate surface area is 170 Å². The van der Waals surface area contributed by atoms with E-state index >= 15 is 0 Å². The Bertz CT molecular complexity index is 1310. The molecule has 1 saturated heterocycles. The fraction of sp³-hybridized carbons (Fsp3) is 0.316. The number of pyridine rings is 1. The van der Waals surface area contributed by atoms with Crippen molar-refractivity contribution in [2.45, 2.75) is 6.54 Å². The van der Waals surface area contributed by atoms with E-state index in [2.05, 4.69) is 31.1 Å². The summed E-state index contributed by atoms with van der Waals surface area (Å²) in [5, 5.41) is 19.6. The topological polar surface area (TPSA) is 95.3 Å². The van der Waals surface area contributed by atoms with E-state index in [0.29, 0.717) is 22.6 Å². The normalized spacial score (nSPS) is 15.2. The highest BCUT2D eigenvalue weighted by atomic mass is 32.1. The maximum Gasteiger partial charge on any atom is 0.272 e. The molecule has 0 bridgehead atoms. The summed E-state index contributed by atoms with van der Waals surface area (Å²) < 4.78 is 4.26. The molecule has 9 nitrogen and oxygen atoms in total. The number of anilines is 1. The van der Waals surface area contributed by atoms with Crippen molar-refractivity contribution in [3.05, 3.63) is 51.5 Å². The first-order valence-corrected chi connectivity index (χ1v) is 10.2. The highest BCUT2D eigenvalue weighted by molar-refractivity contribution is 7.17. The summed E-state index contributed by atoms with van der Waals surface area (Å²) in [6.07, 6.45) is 1.68. The Hall–Kier alpha value is -3.29. The van der Waals surface area contributed by atoms with Crippen LogP contribution in [0.2, 0.25) is 0 Å². The number of aryl methyl sites for hydroxylation is 1. The van der Waals surface area contributed by atoms with Crippen molar-refractivity contribution >= 4 is 33.1 Å². The fourth-order valence-corrected chi connectivity index (χ4v) is 4.60. The average molecular weight is 406 g/mol. The molecule has 0 spiro atoms. The average Bonchev–Trinajstić information content (AvgIpc) is 3.40. The highest BCUT2D eigenvalue weighted by Crippen LogP contribution is 2.21. The van der Waals surface area contributed by atoms with Crippen LogP contribution < -0.4 is 10.5 Å². The van der Waals surface area contributed by atoms with E-state index in [4.69, 9.17) is 5.26 Å². The number of thiophene rings is 1. The molecular weight excluding hydrogens is 388 g/mol. The number of fused-ring (bicyclic) bond motifs is 3. The van der Waals surface area contributed by atoms with Crippen molar-refractivity contribution < 1.29 is 0 Å². The summed E-state index contributed by atoms with van der Waals surface area (Å²) in [7, 11) is 1.73. The first kappa shape index (κ1) is 17.8. The molecule has 29 heavy (non-hydrogen) atoms. The van der Waals surface area contributed by atoms with Crippen molar-refractivity contribution in [1.29, 1.82) is 5.26 Å². The first-order chi connectivity index (χ1) is 14.2. The molecule has 0 aromatic carbocycles. The third-order valence-corrected chi connectivity index (χ3v) is 6.22. The molecule has 0 unspecified atom stereocenters. The van der Waals surface area contributed by atoms with Crippen LogP contribution in [0, 0.1) is 11.3 Å². The van der Waals surface area contributed by atoms with E-state index in [1.165, 1.54) is 11.3 Å². The number of piperazine rings is 1. The van der Waals surface area contributed by atoms with Crippen molar-refractivity contribution in [2.24, 2.45) is 7.05 Å². The Morgan fingerprint density at radius 3 is 2.83 bits per heavy atom. The smallest absolute Gasteiger partial charge is 0.272 e. The highest BCUT2D eigenvalue weighted by Gasteiger charge is 2.22. The largest absolute Gasteiger partial charge is 0.354 e. The molecule has 5 rings (SSSR count). The van der Waals surface area contributed by atoms with Crippen molar-refractivity contribution in [3.8, 4) is 6.07 Å². The van der Waals surface area contributed by atoms with Crippen LogP contribution in [-0.2, 0) is 13.6 Å². The Balaban J connectivity index is 1.38. The molecule has 0 saturated carbocycles. The molecular formula is C19H18N8OS. The summed E-state index contributed by atoms with van der Waals surface area (Å²) >= 11 is 1.44. The predicted molar refractivity (Wildman–Crippen MR) is 110 cm³/mol. The standard InChI is InChI=1S/C19H18N8OS/c1-24-18(28)17-14(3-9-29-17)27-16(22-23-19(24)27)12-25-5-7-26(8-6-25)15-10-13(11-20)2-4-21-15/h2-4,9-10H,5-8,12H2,1H3. The number of hydrogen-bond acceptors (Lipinski definition) is 8. The molecule has 0 N–H and O–H groups in total. The second kappa shape index (κ2) is 6.95. The lowest BCUT2D eigenvalue weighted by atomic mass is 10.2. The SMILES string of the molecule is Cn1c(=O)c2sccc2n2c(CN3CCN(c4cc(C#N)ccn4)CC3)nnc12. The van der Waals surface area contributed by atoms with Crippen LogP contribution in [-0.4, -0.2) is 55.2 Å². The van der Waals surface area contributed by atoms with Crippen LogP contribution in [0.1, 0.15) is 11.4 Å². The quantitative estimate of drug-likeness (QED) is 0.505. The number of rotatable bonds is 3. The van der Waals surface area contributed by atoms with E-state index in [1.807, 2.05) is 21.9 Å². The Morgan fingerprint density at radius 2 is 2.03 bits per heavy atom. The maximum atomic E-state index is 12.5. The van der Waals surface area contributed by atoms with Gasteiger partial charge in [-0.15, -0.1) is 21.5 Å². The third kappa shape index (κ3) is 2.95. The van der Waals surface area contributed by atoms with Gasteiger partial charge in [0.15, 0.2) is 5.82 Å². The summed E-state index contributed by atoms with van der Waals surface area (Å²) in [5.41, 5.74) is 1.45. The maximum absolute atomic E-state index is 12.5. The lowest BCUT2D eigenvalue weighted by Crippen LogP contribution is -2.46. The van der Waals surface area contributed by atoms with Gasteiger partial charge < -0.3 is 4.90 Å². The summed E-state index contributed by atoms with van der Waals surface area (Å²) in [6.45, 7) is 4.01. The molecule has 1 aliphatic rings. The van der Waals surface area contributed by atoms with E-state index < -0.39 is 0 Å². The summed E-state index contributed by atoms with van der Waals surface area (Å²) in [5.74, 6) is 2.23. The predicted octanol–water partition coefficient (Wildman–Crippen LogP) is 1.23. The van der Waals surface area contributed by atoms with Gasteiger partial charge in [-0.3, -0.25) is 18.7 Å². The zero-order valence-corrected chi connectivity index (χ0v) is 16.6. The van der Waals surface area contributed by atoms with E-state index in [1.54, 1.807) is 23.9 Å². The lowest BCUT2D eigenvalue weighted by molar-refractivity contribution is 0.243. The van der Waals surface area contributed by atoms with Crippen molar-refractivity contribution in [3.63, 3.8) is 0 Å². The molecule has 1 aliphatic heterocycles. The van der Waals surface area contributed by atoms with Gasteiger partial charge in [-0.2, -0.15) is 5.26 Å². The zero-order chi connectivity index (χ0) is 20.0. The van der Waals surface area contributed by atoms with Gasteiger partial charge in [0.1, 0.15) is 10.5 Å². The van der Waals surface area contributed by atoms with Gasteiger partial charge in [-0.05, 0) is 23.6 Å². The fourth-order valence-electron chi connectivity index (χ4n) is 3.75. The van der Waals surface area contributed by atoms with Gasteiger partial charge >= 0.3 is 0 Å². The molecule has 1 fully saturated rings. The molecule has 0 aliphatic carbocycles. The van der Waals surface area contributed by atoms with Crippen LogP contribution in [0.5, 0.6) is 0 Å². The Kier molecular flexibility index (Phi) is 4.26. The van der Waals surface area contributed by atoms with Gasteiger partial charge in [0.2, 0.25) is 5.78 Å². The minimum absolute atomic E-state index is 0.0397. The molecule has 4 aromatic heterocycles. The van der Waals surface area contributed by atoms with Gasteiger partial charge in [-0.1, -0.05) is 0 Å². The number of hydrogen-bond donors (Lipinski definition) is 0. The van der Waals surface area contributed by atoms with Crippen LogP contribution in [0.25, 0.3) is 16.0 Å². The summed E-state index contributed by atoms with van der Waals surface area (Å²) in [6, 6.07) is 7.66. The molecule has 146 valence electrons. The second-order valence-corrected chi connectivity index (χ2v) is 7.94. The molecule has 0 radical (unpaired) electrons. The van der Waals surface area contributed by atoms with Gasteiger partial charge in [0.25, 0.3) is 5.56 Å². The minimum Gasteiger partial charge on any atom is -0.354 e. The molecule has 10 heteroatoms. The van der Waals surface area contributed by atoms with Crippen LogP contribution in [0.15, 0.2) is 34.6 Å². The summed E-state index contributed by atoms with van der Waals surface area (Å²) in [4.78, 5) is 21.4. The number of nitriles is 1. The van der Waals surface area contributed by atoms with E-state index in [0.717, 1.165) is 43.3 Å². The van der Waals surface area contributed by atoms with Crippen molar-refractivity contribution in [2.75, 3.05) is 31.1 Å². The third-order valence-electron chi connectivity index (χ3n) is 5.33. The van der Waals surface area contributed by atoms with Crippen LogP contribution >= 0.6 is 11.3 Å². The molecule has 0 amide bonds. The molecule has 0 atom stereocenters. The first-order valence-electron chi connectivity index (χ1n) is 9.29. The molecule has 4 aromatic rings. The van der Waals surface area contributed by atoms with Gasteiger partial charge in [0.05, 0.1) is 23.7 Å². The number of nitrogens with zero attached hydrogens (tertiary/aromatic N) is 8. The second-order valence-electron chi connectivity index (χ2n) is 7.03. The Morgan fingerprint density at radius 1 is 1.21 bits per heavy atom. The van der Waals surface area contributed by atoms with Crippen LogP contribution in [0.3, 0.4) is 0 Å². The molecule has 5 heterocycles.